The van der Waals surface area contributed by atoms with E-state index in [-0.39, 0.29) is 0 Å². The molecule has 0 rings (SSSR count). The molecule has 0 heterocycles. The molecule has 5 nitrogen and oxygen atoms in total. The van der Waals surface area contributed by atoms with Crippen LogP contribution in [-0.2, 0) is 12.3 Å². The molecule has 23 heavy (non-hydrogen) atoms. The smallest absolute Gasteiger partial charge is 0.417 e. The summed E-state index contributed by atoms with van der Waals surface area (Å²) in [5, 5.41) is 3.42. The third-order valence-corrected chi connectivity index (χ3v) is 14.6. The standard InChI is InChI=1S/C14H40N2O3Si4/c1-20(2,3)17-23(18-21(4,5)6,19-22(7,8)9)14-10-12-16-13-11-15/h16H,10-15H2,1-9H3/p+1. The zero-order valence-electron chi connectivity index (χ0n) is 17.0. The Kier molecular flexibility index (Phi) is 9.66. The molecule has 0 aliphatic heterocycles. The minimum absolute atomic E-state index is 0.913. The lowest BCUT2D eigenvalue weighted by Gasteiger charge is -2.43. The first-order valence-corrected chi connectivity index (χ1v) is 20.9. The number of hydrogen-bond acceptors (Lipinski definition) is 4. The van der Waals surface area contributed by atoms with Gasteiger partial charge in [0.05, 0.1) is 6.54 Å². The molecule has 0 amide bonds. The maximum absolute atomic E-state index is 6.65. The number of quaternary nitrogens is 1. The predicted molar refractivity (Wildman–Crippen MR) is 109 cm³/mol. The summed E-state index contributed by atoms with van der Waals surface area (Å²) in [6.45, 7) is 23.0. The lowest BCUT2D eigenvalue weighted by atomic mass is 10.5. The minimum Gasteiger partial charge on any atom is -0.417 e. The fourth-order valence-electron chi connectivity index (χ4n) is 2.30. The van der Waals surface area contributed by atoms with Crippen LogP contribution in [0.25, 0.3) is 0 Å². The van der Waals surface area contributed by atoms with Gasteiger partial charge in [-0.1, -0.05) is 0 Å². The van der Waals surface area contributed by atoms with E-state index in [0.717, 1.165) is 32.1 Å². The Balaban J connectivity index is 5.21. The largest absolute Gasteiger partial charge is 0.469 e. The molecule has 0 fully saturated rings. The van der Waals surface area contributed by atoms with E-state index in [2.05, 4.69) is 70.0 Å². The SMILES string of the molecule is C[Si](C)(C)O[Si](CCCNCC[NH3+])(O[Si](C)(C)C)O[Si](C)(C)C. The molecule has 0 spiro atoms. The van der Waals surface area contributed by atoms with Gasteiger partial charge in [0.15, 0.2) is 25.0 Å². The van der Waals surface area contributed by atoms with Crippen LogP contribution in [0.15, 0.2) is 0 Å². The van der Waals surface area contributed by atoms with Crippen LogP contribution in [0.4, 0.5) is 0 Å². The van der Waals surface area contributed by atoms with E-state index < -0.39 is 33.8 Å². The maximum Gasteiger partial charge on any atom is 0.469 e. The van der Waals surface area contributed by atoms with Crippen LogP contribution in [-0.4, -0.2) is 53.4 Å². The van der Waals surface area contributed by atoms with Crippen molar-refractivity contribution in [2.24, 2.45) is 0 Å². The fourth-order valence-corrected chi connectivity index (χ4v) is 17.0. The zero-order chi connectivity index (χ0) is 18.4. The van der Waals surface area contributed by atoms with E-state index in [1.807, 2.05) is 0 Å². The highest BCUT2D eigenvalue weighted by molar-refractivity contribution is 6.90. The molecule has 140 valence electrons. The average molecular weight is 398 g/mol. The van der Waals surface area contributed by atoms with Gasteiger partial charge in [-0.25, -0.2) is 0 Å². The maximum atomic E-state index is 6.65. The Morgan fingerprint density at radius 3 is 1.39 bits per heavy atom. The summed E-state index contributed by atoms with van der Waals surface area (Å²) in [6.07, 6.45) is 1.03. The van der Waals surface area contributed by atoms with Crippen LogP contribution in [0.1, 0.15) is 6.42 Å². The van der Waals surface area contributed by atoms with Crippen molar-refractivity contribution in [3.8, 4) is 0 Å². The molecule has 9 heteroatoms. The van der Waals surface area contributed by atoms with Gasteiger partial charge in [0.1, 0.15) is 0 Å². The van der Waals surface area contributed by atoms with E-state index in [1.54, 1.807) is 0 Å². The molecular formula is C14H41N2O3Si4+. The summed E-state index contributed by atoms with van der Waals surface area (Å²) < 4.78 is 19.9. The number of rotatable bonds is 12. The van der Waals surface area contributed by atoms with Gasteiger partial charge in [0.2, 0.25) is 0 Å². The molecule has 0 aromatic carbocycles. The van der Waals surface area contributed by atoms with E-state index >= 15 is 0 Å². The van der Waals surface area contributed by atoms with Crippen molar-refractivity contribution in [1.82, 2.24) is 5.32 Å². The lowest BCUT2D eigenvalue weighted by molar-refractivity contribution is -0.365. The van der Waals surface area contributed by atoms with Crippen molar-refractivity contribution in [3.05, 3.63) is 0 Å². The Bertz CT molecular complexity index is 298. The summed E-state index contributed by atoms with van der Waals surface area (Å²) in [6, 6.07) is 0.913. The van der Waals surface area contributed by atoms with Gasteiger partial charge in [-0.15, -0.1) is 0 Å². The molecule has 0 atom stereocenters. The molecule has 0 aliphatic rings. The second-order valence-corrected chi connectivity index (χ2v) is 26.0. The van der Waals surface area contributed by atoms with Crippen LogP contribution in [0.2, 0.25) is 65.0 Å². The van der Waals surface area contributed by atoms with Crippen LogP contribution in [0.5, 0.6) is 0 Å². The molecule has 4 N–H and O–H groups in total. The first kappa shape index (κ1) is 23.7. The van der Waals surface area contributed by atoms with Crippen molar-refractivity contribution in [2.75, 3.05) is 19.6 Å². The van der Waals surface area contributed by atoms with Gasteiger partial charge in [-0.3, -0.25) is 0 Å². The lowest BCUT2D eigenvalue weighted by Crippen LogP contribution is -2.60. The van der Waals surface area contributed by atoms with Gasteiger partial charge >= 0.3 is 8.80 Å². The molecule has 0 saturated heterocycles. The Morgan fingerprint density at radius 1 is 0.696 bits per heavy atom. The summed E-state index contributed by atoms with van der Waals surface area (Å²) in [5.41, 5.74) is 3.87. The highest BCUT2D eigenvalue weighted by Crippen LogP contribution is 2.29. The van der Waals surface area contributed by atoms with E-state index in [9.17, 15) is 0 Å². The average Bonchev–Trinajstić information content (AvgIpc) is 2.20. The molecule has 0 aliphatic carbocycles. The van der Waals surface area contributed by atoms with Gasteiger partial charge in [0, 0.05) is 12.6 Å². The highest BCUT2D eigenvalue weighted by Gasteiger charge is 2.49. The predicted octanol–water partition coefficient (Wildman–Crippen LogP) is 2.70. The Hall–Kier alpha value is 0.668. The minimum atomic E-state index is -2.63. The number of nitrogens with one attached hydrogen (secondary N) is 1. The third-order valence-electron chi connectivity index (χ3n) is 2.58. The molecule has 0 aromatic heterocycles. The molecule has 0 saturated carbocycles. The quantitative estimate of drug-likeness (QED) is 0.392. The second-order valence-electron chi connectivity index (χ2n) is 9.03. The summed E-state index contributed by atoms with van der Waals surface area (Å²) in [5.74, 6) is 0. The zero-order valence-corrected chi connectivity index (χ0v) is 21.0. The normalized spacial score (nSPS) is 14.3. The van der Waals surface area contributed by atoms with Crippen LogP contribution >= 0.6 is 0 Å². The van der Waals surface area contributed by atoms with Crippen LogP contribution in [0, 0.1) is 0 Å². The summed E-state index contributed by atoms with van der Waals surface area (Å²) in [4.78, 5) is 0. The van der Waals surface area contributed by atoms with Crippen molar-refractivity contribution in [1.29, 1.82) is 0 Å². The monoisotopic (exact) mass is 397 g/mol. The van der Waals surface area contributed by atoms with E-state index in [1.165, 1.54) is 0 Å². The molecule has 0 unspecified atom stereocenters. The second kappa shape index (κ2) is 9.39. The van der Waals surface area contributed by atoms with Gasteiger partial charge in [0.25, 0.3) is 0 Å². The van der Waals surface area contributed by atoms with Gasteiger partial charge in [-0.2, -0.15) is 0 Å². The summed E-state index contributed by atoms with van der Waals surface area (Å²) >= 11 is 0. The number of hydrogen-bond donors (Lipinski definition) is 2. The molecule has 0 bridgehead atoms. The first-order valence-electron chi connectivity index (χ1n) is 8.79. The van der Waals surface area contributed by atoms with Gasteiger partial charge < -0.3 is 23.4 Å². The van der Waals surface area contributed by atoms with E-state index in [4.69, 9.17) is 12.3 Å². The van der Waals surface area contributed by atoms with Crippen molar-refractivity contribution < 1.29 is 18.1 Å². The molecule has 0 aromatic rings. The van der Waals surface area contributed by atoms with Crippen LogP contribution in [0.3, 0.4) is 0 Å². The van der Waals surface area contributed by atoms with Crippen LogP contribution < -0.4 is 11.1 Å². The Morgan fingerprint density at radius 2 is 1.09 bits per heavy atom. The van der Waals surface area contributed by atoms with Crippen molar-refractivity contribution in [2.45, 2.75) is 71.4 Å². The molecular weight excluding hydrogens is 357 g/mol. The highest BCUT2D eigenvalue weighted by atomic mass is 28.5. The van der Waals surface area contributed by atoms with E-state index in [0.29, 0.717) is 0 Å². The van der Waals surface area contributed by atoms with Crippen molar-refractivity contribution >= 4 is 33.8 Å². The fraction of sp³-hybridized carbons (Fsp3) is 1.00. The Labute approximate surface area is 148 Å². The van der Waals surface area contributed by atoms with Gasteiger partial charge in [-0.05, 0) is 71.9 Å². The topological polar surface area (TPSA) is 67.4 Å². The first-order chi connectivity index (χ1) is 10.2. The van der Waals surface area contributed by atoms with Crippen molar-refractivity contribution in [3.63, 3.8) is 0 Å². The summed E-state index contributed by atoms with van der Waals surface area (Å²) in [7, 11) is -7.86. The molecule has 0 radical (unpaired) electrons. The third kappa shape index (κ3) is 13.6.